The number of carbonyl (C=O) groups is 1. The second-order valence-corrected chi connectivity index (χ2v) is 4.09. The standard InChI is InChI=1S/C15H13N3O/c1-3-4-11-7-10(2)8-12(9-11)15-17-6-5-13(18-15)14(16)19/h5-9H,1-2H3,(H2,16,19). The normalized spacial score (nSPS) is 9.58. The number of aromatic nitrogens is 2. The van der Waals surface area contributed by atoms with Crippen LogP contribution in [0.2, 0.25) is 0 Å². The van der Waals surface area contributed by atoms with E-state index in [-0.39, 0.29) is 5.69 Å². The van der Waals surface area contributed by atoms with Crippen LogP contribution in [0.15, 0.2) is 30.5 Å². The molecule has 0 saturated heterocycles. The molecule has 2 N–H and O–H groups in total. The lowest BCUT2D eigenvalue weighted by molar-refractivity contribution is 0.0995. The summed E-state index contributed by atoms with van der Waals surface area (Å²) in [6, 6.07) is 7.32. The first kappa shape index (κ1) is 12.8. The summed E-state index contributed by atoms with van der Waals surface area (Å²) in [4.78, 5) is 19.4. The summed E-state index contributed by atoms with van der Waals surface area (Å²) in [6.07, 6.45) is 1.52. The van der Waals surface area contributed by atoms with Crippen molar-refractivity contribution in [3.05, 3.63) is 47.3 Å². The zero-order chi connectivity index (χ0) is 13.8. The molecule has 0 unspecified atom stereocenters. The van der Waals surface area contributed by atoms with Crippen LogP contribution in [0.1, 0.15) is 28.5 Å². The number of benzene rings is 1. The minimum absolute atomic E-state index is 0.203. The van der Waals surface area contributed by atoms with Crippen molar-refractivity contribution in [3.8, 4) is 23.2 Å². The summed E-state index contributed by atoms with van der Waals surface area (Å²) in [5.41, 5.74) is 8.19. The van der Waals surface area contributed by atoms with Crippen LogP contribution in [-0.4, -0.2) is 15.9 Å². The lowest BCUT2D eigenvalue weighted by Crippen LogP contribution is -2.13. The maximum Gasteiger partial charge on any atom is 0.267 e. The van der Waals surface area contributed by atoms with Gasteiger partial charge in [0.2, 0.25) is 0 Å². The van der Waals surface area contributed by atoms with E-state index in [0.717, 1.165) is 16.7 Å². The van der Waals surface area contributed by atoms with Crippen LogP contribution in [0.25, 0.3) is 11.4 Å². The van der Waals surface area contributed by atoms with E-state index >= 15 is 0 Å². The molecule has 0 aliphatic carbocycles. The molecule has 0 atom stereocenters. The first-order valence-electron chi connectivity index (χ1n) is 5.78. The van der Waals surface area contributed by atoms with Gasteiger partial charge in [-0.1, -0.05) is 5.92 Å². The Morgan fingerprint density at radius 2 is 2.11 bits per heavy atom. The fourth-order valence-electron chi connectivity index (χ4n) is 1.76. The van der Waals surface area contributed by atoms with Gasteiger partial charge < -0.3 is 5.73 Å². The highest BCUT2D eigenvalue weighted by Crippen LogP contribution is 2.18. The zero-order valence-corrected chi connectivity index (χ0v) is 10.8. The van der Waals surface area contributed by atoms with Gasteiger partial charge in [0.1, 0.15) is 5.69 Å². The van der Waals surface area contributed by atoms with Gasteiger partial charge in [-0.05, 0) is 43.7 Å². The Kier molecular flexibility index (Phi) is 3.58. The lowest BCUT2D eigenvalue weighted by atomic mass is 10.1. The van der Waals surface area contributed by atoms with Crippen molar-refractivity contribution in [2.75, 3.05) is 0 Å². The third kappa shape index (κ3) is 2.96. The maximum atomic E-state index is 11.1. The fourth-order valence-corrected chi connectivity index (χ4v) is 1.76. The smallest absolute Gasteiger partial charge is 0.267 e. The second kappa shape index (κ2) is 5.32. The Morgan fingerprint density at radius 3 is 2.79 bits per heavy atom. The Balaban J connectivity index is 2.54. The molecule has 94 valence electrons. The average Bonchev–Trinajstić information content (AvgIpc) is 2.38. The fraction of sp³-hybridized carbons (Fsp3) is 0.133. The largest absolute Gasteiger partial charge is 0.364 e. The van der Waals surface area contributed by atoms with E-state index < -0.39 is 5.91 Å². The van der Waals surface area contributed by atoms with Gasteiger partial charge in [-0.25, -0.2) is 9.97 Å². The van der Waals surface area contributed by atoms with Crippen molar-refractivity contribution < 1.29 is 4.79 Å². The van der Waals surface area contributed by atoms with Crippen molar-refractivity contribution in [3.63, 3.8) is 0 Å². The number of amides is 1. The highest BCUT2D eigenvalue weighted by atomic mass is 16.1. The zero-order valence-electron chi connectivity index (χ0n) is 10.8. The van der Waals surface area contributed by atoms with Crippen molar-refractivity contribution >= 4 is 5.91 Å². The molecule has 1 amide bonds. The Labute approximate surface area is 111 Å². The van der Waals surface area contributed by atoms with Gasteiger partial charge in [0.15, 0.2) is 5.82 Å². The minimum atomic E-state index is -0.565. The van der Waals surface area contributed by atoms with Gasteiger partial charge in [-0.2, -0.15) is 0 Å². The molecule has 0 spiro atoms. The number of aryl methyl sites for hydroxylation is 1. The Hall–Kier alpha value is -2.67. The minimum Gasteiger partial charge on any atom is -0.364 e. The summed E-state index contributed by atoms with van der Waals surface area (Å²) in [5, 5.41) is 0. The summed E-state index contributed by atoms with van der Waals surface area (Å²) in [5.74, 6) is 5.76. The molecule has 0 radical (unpaired) electrons. The highest BCUT2D eigenvalue weighted by molar-refractivity contribution is 5.91. The highest BCUT2D eigenvalue weighted by Gasteiger charge is 2.07. The van der Waals surface area contributed by atoms with Gasteiger partial charge in [0.05, 0.1) is 0 Å². The maximum absolute atomic E-state index is 11.1. The van der Waals surface area contributed by atoms with Crippen LogP contribution in [-0.2, 0) is 0 Å². The van der Waals surface area contributed by atoms with Crippen LogP contribution < -0.4 is 5.73 Å². The van der Waals surface area contributed by atoms with Crippen molar-refractivity contribution in [2.24, 2.45) is 5.73 Å². The van der Waals surface area contributed by atoms with Crippen LogP contribution >= 0.6 is 0 Å². The van der Waals surface area contributed by atoms with Gasteiger partial charge in [0.25, 0.3) is 5.91 Å². The molecule has 0 fully saturated rings. The van der Waals surface area contributed by atoms with E-state index in [1.807, 2.05) is 25.1 Å². The molecule has 1 aromatic heterocycles. The third-order valence-electron chi connectivity index (χ3n) is 2.51. The van der Waals surface area contributed by atoms with Crippen molar-refractivity contribution in [1.29, 1.82) is 0 Å². The summed E-state index contributed by atoms with van der Waals surface area (Å²) in [7, 11) is 0. The number of primary amides is 1. The average molecular weight is 251 g/mol. The van der Waals surface area contributed by atoms with Crippen LogP contribution in [0.4, 0.5) is 0 Å². The number of hydrogen-bond acceptors (Lipinski definition) is 3. The first-order valence-corrected chi connectivity index (χ1v) is 5.78. The molecule has 1 aromatic carbocycles. The summed E-state index contributed by atoms with van der Waals surface area (Å²) < 4.78 is 0. The molecule has 19 heavy (non-hydrogen) atoms. The second-order valence-electron chi connectivity index (χ2n) is 4.09. The molecular formula is C15H13N3O. The predicted octanol–water partition coefficient (Wildman–Crippen LogP) is 1.92. The van der Waals surface area contributed by atoms with E-state index in [9.17, 15) is 4.79 Å². The topological polar surface area (TPSA) is 68.9 Å². The van der Waals surface area contributed by atoms with Gasteiger partial charge in [-0.3, -0.25) is 4.79 Å². The van der Waals surface area contributed by atoms with E-state index in [2.05, 4.69) is 21.8 Å². The van der Waals surface area contributed by atoms with Crippen LogP contribution in [0.5, 0.6) is 0 Å². The Morgan fingerprint density at radius 1 is 1.32 bits per heavy atom. The number of hydrogen-bond donors (Lipinski definition) is 1. The van der Waals surface area contributed by atoms with E-state index in [1.54, 1.807) is 6.92 Å². The molecule has 1 heterocycles. The van der Waals surface area contributed by atoms with Gasteiger partial charge >= 0.3 is 0 Å². The third-order valence-corrected chi connectivity index (χ3v) is 2.51. The summed E-state index contributed by atoms with van der Waals surface area (Å²) >= 11 is 0. The number of nitrogens with zero attached hydrogens (tertiary/aromatic N) is 2. The molecule has 4 nitrogen and oxygen atoms in total. The monoisotopic (exact) mass is 251 g/mol. The summed E-state index contributed by atoms with van der Waals surface area (Å²) in [6.45, 7) is 3.76. The predicted molar refractivity (Wildman–Crippen MR) is 73.3 cm³/mol. The molecule has 0 bridgehead atoms. The van der Waals surface area contributed by atoms with E-state index in [4.69, 9.17) is 5.73 Å². The lowest BCUT2D eigenvalue weighted by Gasteiger charge is -2.04. The number of carbonyl (C=O) groups excluding carboxylic acids is 1. The number of nitrogens with two attached hydrogens (primary N) is 1. The molecule has 2 aromatic rings. The van der Waals surface area contributed by atoms with Crippen LogP contribution in [0, 0.1) is 18.8 Å². The molecule has 4 heteroatoms. The quantitative estimate of drug-likeness (QED) is 0.829. The number of rotatable bonds is 2. The molecular weight excluding hydrogens is 238 g/mol. The van der Waals surface area contributed by atoms with Crippen LogP contribution in [0.3, 0.4) is 0 Å². The molecule has 0 aliphatic heterocycles. The van der Waals surface area contributed by atoms with Crippen molar-refractivity contribution in [1.82, 2.24) is 9.97 Å². The molecule has 0 saturated carbocycles. The van der Waals surface area contributed by atoms with Gasteiger partial charge in [-0.15, -0.1) is 5.92 Å². The first-order chi connectivity index (χ1) is 9.10. The molecule has 2 rings (SSSR count). The SMILES string of the molecule is CC#Cc1cc(C)cc(-c2nccc(C(N)=O)n2)c1. The molecule has 0 aliphatic rings. The van der Waals surface area contributed by atoms with E-state index in [1.165, 1.54) is 12.3 Å². The van der Waals surface area contributed by atoms with Crippen molar-refractivity contribution in [2.45, 2.75) is 13.8 Å². The Bertz CT molecular complexity index is 696. The van der Waals surface area contributed by atoms with E-state index in [0.29, 0.717) is 5.82 Å². The van der Waals surface area contributed by atoms with Gasteiger partial charge in [0, 0.05) is 17.3 Å².